The highest BCUT2D eigenvalue weighted by Gasteiger charge is 2.30. The third-order valence-electron chi connectivity index (χ3n) is 5.02. The first kappa shape index (κ1) is 22.1. The standard InChI is InChI=1S/C25H28O4S/c1-18(2)20-8-10-21(11-9-20)22-12-14-23(15-13-22)25(4,5)29-30(26,27)28-24-16-6-19(3)7-17-24/h6-18H,1-5H3. The highest BCUT2D eigenvalue weighted by molar-refractivity contribution is 7.82. The van der Waals surface area contributed by atoms with Crippen molar-refractivity contribution in [2.45, 2.75) is 46.1 Å². The fraction of sp³-hybridized carbons (Fsp3) is 0.280. The van der Waals surface area contributed by atoms with Gasteiger partial charge >= 0.3 is 10.4 Å². The molecule has 0 saturated carbocycles. The predicted octanol–water partition coefficient (Wildman–Crippen LogP) is 6.36. The Hall–Kier alpha value is -2.63. The minimum atomic E-state index is -4.23. The summed E-state index contributed by atoms with van der Waals surface area (Å²) in [5.41, 5.74) is 4.14. The summed E-state index contributed by atoms with van der Waals surface area (Å²) in [4.78, 5) is 0. The van der Waals surface area contributed by atoms with Crippen molar-refractivity contribution in [2.75, 3.05) is 0 Å². The molecule has 3 aromatic rings. The van der Waals surface area contributed by atoms with Gasteiger partial charge in [0.05, 0.1) is 0 Å². The highest BCUT2D eigenvalue weighted by Crippen LogP contribution is 2.30. The van der Waals surface area contributed by atoms with Gasteiger partial charge in [-0.3, -0.25) is 0 Å². The molecule has 0 aromatic heterocycles. The van der Waals surface area contributed by atoms with Gasteiger partial charge in [-0.2, -0.15) is 8.42 Å². The van der Waals surface area contributed by atoms with E-state index in [2.05, 4.69) is 38.1 Å². The molecule has 0 heterocycles. The van der Waals surface area contributed by atoms with Gasteiger partial charge in [0.2, 0.25) is 0 Å². The minimum absolute atomic E-state index is 0.219. The minimum Gasteiger partial charge on any atom is -0.362 e. The molecule has 0 radical (unpaired) electrons. The largest absolute Gasteiger partial charge is 0.449 e. The van der Waals surface area contributed by atoms with Crippen LogP contribution in [0.25, 0.3) is 11.1 Å². The third kappa shape index (κ3) is 5.49. The third-order valence-corrected chi connectivity index (χ3v) is 6.04. The average Bonchev–Trinajstić information content (AvgIpc) is 2.69. The Kier molecular flexibility index (Phi) is 6.34. The molecule has 30 heavy (non-hydrogen) atoms. The van der Waals surface area contributed by atoms with Gasteiger partial charge in [-0.1, -0.05) is 80.1 Å². The summed E-state index contributed by atoms with van der Waals surface area (Å²) in [6, 6.07) is 22.9. The maximum atomic E-state index is 12.4. The molecule has 3 aromatic carbocycles. The summed E-state index contributed by atoms with van der Waals surface area (Å²) >= 11 is 0. The molecule has 3 rings (SSSR count). The molecule has 0 amide bonds. The van der Waals surface area contributed by atoms with E-state index in [4.69, 9.17) is 8.37 Å². The molecule has 0 bridgehead atoms. The normalized spacial score (nSPS) is 12.2. The maximum Gasteiger partial charge on any atom is 0.449 e. The molecule has 4 nitrogen and oxygen atoms in total. The van der Waals surface area contributed by atoms with E-state index in [1.807, 2.05) is 31.2 Å². The summed E-state index contributed by atoms with van der Waals surface area (Å²) in [5, 5.41) is 0. The Morgan fingerprint density at radius 2 is 1.27 bits per heavy atom. The van der Waals surface area contributed by atoms with E-state index in [9.17, 15) is 8.42 Å². The van der Waals surface area contributed by atoms with Crippen LogP contribution < -0.4 is 4.18 Å². The average molecular weight is 425 g/mol. The summed E-state index contributed by atoms with van der Waals surface area (Å²) < 4.78 is 35.3. The molecule has 0 unspecified atom stereocenters. The van der Waals surface area contributed by atoms with E-state index >= 15 is 0 Å². The molecular formula is C25H28O4S. The summed E-state index contributed by atoms with van der Waals surface area (Å²) in [5.74, 6) is 0.708. The lowest BCUT2D eigenvalue weighted by Gasteiger charge is -2.24. The summed E-state index contributed by atoms with van der Waals surface area (Å²) in [6.07, 6.45) is 0. The van der Waals surface area contributed by atoms with Crippen LogP contribution >= 0.6 is 0 Å². The topological polar surface area (TPSA) is 52.6 Å². The lowest BCUT2D eigenvalue weighted by Crippen LogP contribution is -2.28. The Morgan fingerprint density at radius 3 is 1.77 bits per heavy atom. The molecule has 5 heteroatoms. The van der Waals surface area contributed by atoms with E-state index < -0.39 is 16.0 Å². The van der Waals surface area contributed by atoms with E-state index in [1.165, 1.54) is 5.56 Å². The van der Waals surface area contributed by atoms with E-state index in [0.29, 0.717) is 5.92 Å². The molecule has 0 spiro atoms. The molecule has 0 aliphatic rings. The fourth-order valence-corrected chi connectivity index (χ4v) is 4.14. The second kappa shape index (κ2) is 8.62. The molecule has 0 saturated heterocycles. The molecule has 0 aliphatic carbocycles. The maximum absolute atomic E-state index is 12.4. The Bertz CT molecular complexity index is 1080. The van der Waals surface area contributed by atoms with Gasteiger partial charge in [-0.05, 0) is 61.1 Å². The van der Waals surface area contributed by atoms with Crippen molar-refractivity contribution in [3.63, 3.8) is 0 Å². The second-order valence-corrected chi connectivity index (χ2v) is 9.40. The van der Waals surface area contributed by atoms with Crippen molar-refractivity contribution in [3.8, 4) is 16.9 Å². The quantitative estimate of drug-likeness (QED) is 0.443. The van der Waals surface area contributed by atoms with E-state index in [0.717, 1.165) is 22.3 Å². The van der Waals surface area contributed by atoms with Crippen LogP contribution in [0.3, 0.4) is 0 Å². The molecule has 0 fully saturated rings. The first-order valence-corrected chi connectivity index (χ1v) is 11.3. The Labute approximate surface area is 179 Å². The first-order chi connectivity index (χ1) is 14.1. The van der Waals surface area contributed by atoms with Gasteiger partial charge in [0, 0.05) is 0 Å². The van der Waals surface area contributed by atoms with Gasteiger partial charge in [0.15, 0.2) is 0 Å². The fourth-order valence-electron chi connectivity index (χ4n) is 3.16. The van der Waals surface area contributed by atoms with Gasteiger partial charge in [0.25, 0.3) is 0 Å². The molecule has 0 N–H and O–H groups in total. The van der Waals surface area contributed by atoms with Gasteiger partial charge in [-0.15, -0.1) is 0 Å². The van der Waals surface area contributed by atoms with Crippen LogP contribution in [0.5, 0.6) is 5.75 Å². The van der Waals surface area contributed by atoms with Crippen LogP contribution in [-0.2, 0) is 20.2 Å². The van der Waals surface area contributed by atoms with Crippen LogP contribution in [0.1, 0.15) is 50.3 Å². The number of hydrogen-bond acceptors (Lipinski definition) is 4. The van der Waals surface area contributed by atoms with E-state index in [1.54, 1.807) is 38.1 Å². The first-order valence-electron chi connectivity index (χ1n) is 9.98. The van der Waals surface area contributed by atoms with Crippen molar-refractivity contribution >= 4 is 10.4 Å². The number of rotatable bonds is 7. The van der Waals surface area contributed by atoms with Gasteiger partial charge < -0.3 is 4.18 Å². The zero-order valence-corrected chi connectivity index (χ0v) is 18.9. The summed E-state index contributed by atoms with van der Waals surface area (Å²) in [7, 11) is -4.23. The molecule has 0 aliphatic heterocycles. The number of aryl methyl sites for hydroxylation is 1. The highest BCUT2D eigenvalue weighted by atomic mass is 32.3. The summed E-state index contributed by atoms with van der Waals surface area (Å²) in [6.45, 7) is 9.66. The van der Waals surface area contributed by atoms with Crippen LogP contribution in [0.15, 0.2) is 72.8 Å². The lowest BCUT2D eigenvalue weighted by atomic mass is 9.94. The number of benzene rings is 3. The monoisotopic (exact) mass is 424 g/mol. The van der Waals surface area contributed by atoms with Crippen molar-refractivity contribution in [3.05, 3.63) is 89.5 Å². The van der Waals surface area contributed by atoms with Crippen molar-refractivity contribution in [1.29, 1.82) is 0 Å². The Morgan fingerprint density at radius 1 is 0.767 bits per heavy atom. The molecule has 0 atom stereocenters. The van der Waals surface area contributed by atoms with Crippen LogP contribution in [0, 0.1) is 6.92 Å². The molecule has 158 valence electrons. The van der Waals surface area contributed by atoms with Crippen LogP contribution in [0.4, 0.5) is 0 Å². The smallest absolute Gasteiger partial charge is 0.362 e. The van der Waals surface area contributed by atoms with Crippen LogP contribution in [0.2, 0.25) is 0 Å². The van der Waals surface area contributed by atoms with Crippen molar-refractivity contribution in [1.82, 2.24) is 0 Å². The van der Waals surface area contributed by atoms with Gasteiger partial charge in [-0.25, -0.2) is 4.18 Å². The van der Waals surface area contributed by atoms with Crippen molar-refractivity contribution in [2.24, 2.45) is 0 Å². The van der Waals surface area contributed by atoms with Crippen molar-refractivity contribution < 1.29 is 16.8 Å². The van der Waals surface area contributed by atoms with Crippen LogP contribution in [-0.4, -0.2) is 8.42 Å². The second-order valence-electron chi connectivity index (χ2n) is 8.25. The lowest BCUT2D eigenvalue weighted by molar-refractivity contribution is 0.101. The molecular weight excluding hydrogens is 396 g/mol. The SMILES string of the molecule is Cc1ccc(OS(=O)(=O)OC(C)(C)c2ccc(-c3ccc(C(C)C)cc3)cc2)cc1. The zero-order valence-electron chi connectivity index (χ0n) is 18.0. The zero-order chi connectivity index (χ0) is 21.9. The number of hydrogen-bond donors (Lipinski definition) is 0. The van der Waals surface area contributed by atoms with Gasteiger partial charge in [0.1, 0.15) is 11.4 Å². The Balaban J connectivity index is 1.74. The van der Waals surface area contributed by atoms with E-state index in [-0.39, 0.29) is 5.75 Å². The predicted molar refractivity (Wildman–Crippen MR) is 121 cm³/mol.